The summed E-state index contributed by atoms with van der Waals surface area (Å²) >= 11 is 0. The second-order valence-electron chi connectivity index (χ2n) is 5.46. The molecule has 4 heteroatoms. The molecule has 0 fully saturated rings. The number of hydrogen-bond acceptors (Lipinski definition) is 3. The molecule has 0 atom stereocenters. The molecule has 0 N–H and O–H groups in total. The van der Waals surface area contributed by atoms with Crippen LogP contribution in [0.1, 0.15) is 21.5 Å². The van der Waals surface area contributed by atoms with Crippen LogP contribution >= 0.6 is 0 Å². The number of nitrogens with zero attached hydrogens (tertiary/aromatic N) is 2. The van der Waals surface area contributed by atoms with Gasteiger partial charge in [0.2, 0.25) is 5.91 Å². The first kappa shape index (κ1) is 14.3. The predicted octanol–water partition coefficient (Wildman–Crippen LogP) is 3.54. The number of carbonyl (C=O) groups excluding carboxylic acids is 1. The average molecular weight is 294 g/mol. The quantitative estimate of drug-likeness (QED) is 0.742. The van der Waals surface area contributed by atoms with Crippen LogP contribution in [0.3, 0.4) is 0 Å². The van der Waals surface area contributed by atoms with Crippen molar-refractivity contribution in [3.63, 3.8) is 0 Å². The van der Waals surface area contributed by atoms with Crippen molar-refractivity contribution in [2.24, 2.45) is 0 Å². The van der Waals surface area contributed by atoms with E-state index in [1.54, 1.807) is 18.0 Å². The number of fused-ring (bicyclic) bond motifs is 1. The molecule has 0 radical (unpaired) electrons. The largest absolute Gasteiger partial charge is 0.497 e. The standard InChI is InChI=1S/C18H18N2O2/c1-12-8-16-17(9-13(12)2)20(11-19-16)18(21)10-14-4-6-15(22-3)7-5-14/h4-9,11H,10H2,1-3H3. The Morgan fingerprint density at radius 1 is 1.14 bits per heavy atom. The van der Waals surface area contributed by atoms with Crippen molar-refractivity contribution in [1.29, 1.82) is 0 Å². The first-order chi connectivity index (χ1) is 10.6. The van der Waals surface area contributed by atoms with Gasteiger partial charge in [0.05, 0.1) is 24.6 Å². The molecular formula is C18H18N2O2. The van der Waals surface area contributed by atoms with Crippen LogP contribution in [0.5, 0.6) is 5.75 Å². The Hall–Kier alpha value is -2.62. The topological polar surface area (TPSA) is 44.1 Å². The molecule has 4 nitrogen and oxygen atoms in total. The molecule has 0 saturated heterocycles. The fourth-order valence-electron chi connectivity index (χ4n) is 2.47. The van der Waals surface area contributed by atoms with Crippen molar-refractivity contribution in [2.75, 3.05) is 7.11 Å². The molecule has 22 heavy (non-hydrogen) atoms. The first-order valence-corrected chi connectivity index (χ1v) is 7.19. The number of rotatable bonds is 3. The third-order valence-corrected chi connectivity index (χ3v) is 3.95. The van der Waals surface area contributed by atoms with Crippen molar-refractivity contribution < 1.29 is 9.53 Å². The summed E-state index contributed by atoms with van der Waals surface area (Å²) in [5.41, 5.74) is 5.01. The number of methoxy groups -OCH3 is 1. The van der Waals surface area contributed by atoms with Crippen molar-refractivity contribution in [3.8, 4) is 5.75 Å². The van der Waals surface area contributed by atoms with Gasteiger partial charge in [-0.3, -0.25) is 9.36 Å². The third-order valence-electron chi connectivity index (χ3n) is 3.95. The fourth-order valence-corrected chi connectivity index (χ4v) is 2.47. The summed E-state index contributed by atoms with van der Waals surface area (Å²) in [7, 11) is 1.63. The zero-order valence-corrected chi connectivity index (χ0v) is 13.0. The molecule has 0 aliphatic heterocycles. The van der Waals surface area contributed by atoms with Crippen LogP contribution in [0, 0.1) is 13.8 Å². The Morgan fingerprint density at radius 2 is 1.82 bits per heavy atom. The van der Waals surface area contributed by atoms with Gasteiger partial charge < -0.3 is 4.74 Å². The molecule has 0 aliphatic rings. The number of carbonyl (C=O) groups is 1. The van der Waals surface area contributed by atoms with Crippen LogP contribution in [0.15, 0.2) is 42.7 Å². The monoisotopic (exact) mass is 294 g/mol. The fraction of sp³-hybridized carbons (Fsp3) is 0.222. The maximum atomic E-state index is 12.5. The van der Waals surface area contributed by atoms with E-state index < -0.39 is 0 Å². The van der Waals surface area contributed by atoms with Gasteiger partial charge in [-0.1, -0.05) is 12.1 Å². The van der Waals surface area contributed by atoms with Gasteiger partial charge in [-0.25, -0.2) is 4.98 Å². The Kier molecular flexibility index (Phi) is 3.67. The Bertz CT molecular complexity index is 832. The van der Waals surface area contributed by atoms with Crippen LogP contribution in [0.25, 0.3) is 11.0 Å². The lowest BCUT2D eigenvalue weighted by atomic mass is 10.1. The summed E-state index contributed by atoms with van der Waals surface area (Å²) in [6.07, 6.45) is 1.94. The van der Waals surface area contributed by atoms with E-state index in [1.165, 1.54) is 5.56 Å². The average Bonchev–Trinajstić information content (AvgIpc) is 2.91. The molecule has 2 aromatic carbocycles. The van der Waals surface area contributed by atoms with Crippen molar-refractivity contribution in [2.45, 2.75) is 20.3 Å². The molecule has 1 heterocycles. The first-order valence-electron chi connectivity index (χ1n) is 7.19. The molecule has 0 saturated carbocycles. The summed E-state index contributed by atoms with van der Waals surface area (Å²) in [6, 6.07) is 11.6. The minimum absolute atomic E-state index is 0.0101. The van der Waals surface area contributed by atoms with Gasteiger partial charge in [-0.05, 0) is 54.8 Å². The van der Waals surface area contributed by atoms with Gasteiger partial charge in [-0.2, -0.15) is 0 Å². The molecule has 0 spiro atoms. The summed E-state index contributed by atoms with van der Waals surface area (Å²) in [5, 5.41) is 0. The molecule has 0 aliphatic carbocycles. The number of benzene rings is 2. The molecule has 0 amide bonds. The Balaban J connectivity index is 1.90. The SMILES string of the molecule is COc1ccc(CC(=O)n2cnc3cc(C)c(C)cc32)cc1. The summed E-state index contributed by atoms with van der Waals surface area (Å²) in [4.78, 5) is 16.9. The second-order valence-corrected chi connectivity index (χ2v) is 5.46. The van der Waals surface area contributed by atoms with Crippen LogP contribution in [0.4, 0.5) is 0 Å². The lowest BCUT2D eigenvalue weighted by Crippen LogP contribution is -2.12. The van der Waals surface area contributed by atoms with Crippen LogP contribution in [0.2, 0.25) is 0 Å². The minimum Gasteiger partial charge on any atom is -0.497 e. The van der Waals surface area contributed by atoms with E-state index >= 15 is 0 Å². The number of imidazole rings is 1. The van der Waals surface area contributed by atoms with Gasteiger partial charge in [0, 0.05) is 0 Å². The van der Waals surface area contributed by atoms with E-state index in [0.717, 1.165) is 27.9 Å². The summed E-state index contributed by atoms with van der Waals surface area (Å²) in [5.74, 6) is 0.797. The molecule has 1 aromatic heterocycles. The van der Waals surface area contributed by atoms with Crippen molar-refractivity contribution >= 4 is 16.9 Å². The lowest BCUT2D eigenvalue weighted by molar-refractivity contribution is 0.0919. The molecular weight excluding hydrogens is 276 g/mol. The maximum Gasteiger partial charge on any atom is 0.236 e. The highest BCUT2D eigenvalue weighted by molar-refractivity contribution is 5.91. The molecule has 0 unspecified atom stereocenters. The van der Waals surface area contributed by atoms with E-state index in [9.17, 15) is 4.79 Å². The van der Waals surface area contributed by atoms with Gasteiger partial charge >= 0.3 is 0 Å². The molecule has 3 rings (SSSR count). The highest BCUT2D eigenvalue weighted by atomic mass is 16.5. The van der Waals surface area contributed by atoms with Gasteiger partial charge in [-0.15, -0.1) is 0 Å². The minimum atomic E-state index is 0.0101. The normalized spacial score (nSPS) is 10.9. The van der Waals surface area contributed by atoms with Crippen LogP contribution in [-0.4, -0.2) is 22.6 Å². The number of hydrogen-bond donors (Lipinski definition) is 0. The van der Waals surface area contributed by atoms with Gasteiger partial charge in [0.15, 0.2) is 0 Å². The summed E-state index contributed by atoms with van der Waals surface area (Å²) in [6.45, 7) is 4.09. The second kappa shape index (κ2) is 5.64. The highest BCUT2D eigenvalue weighted by Gasteiger charge is 2.12. The van der Waals surface area contributed by atoms with Gasteiger partial charge in [0.25, 0.3) is 0 Å². The van der Waals surface area contributed by atoms with E-state index in [2.05, 4.69) is 4.98 Å². The zero-order chi connectivity index (χ0) is 15.7. The van der Waals surface area contributed by atoms with E-state index in [0.29, 0.717) is 6.42 Å². The lowest BCUT2D eigenvalue weighted by Gasteiger charge is -2.06. The Labute approximate surface area is 129 Å². The maximum absolute atomic E-state index is 12.5. The number of aromatic nitrogens is 2. The van der Waals surface area contributed by atoms with Crippen molar-refractivity contribution in [3.05, 3.63) is 59.4 Å². The molecule has 112 valence electrons. The van der Waals surface area contributed by atoms with Crippen LogP contribution in [-0.2, 0) is 6.42 Å². The molecule has 0 bridgehead atoms. The predicted molar refractivity (Wildman–Crippen MR) is 86.5 cm³/mol. The number of aryl methyl sites for hydroxylation is 2. The smallest absolute Gasteiger partial charge is 0.236 e. The zero-order valence-electron chi connectivity index (χ0n) is 13.0. The third kappa shape index (κ3) is 2.60. The van der Waals surface area contributed by atoms with E-state index in [1.807, 2.05) is 50.2 Å². The van der Waals surface area contributed by atoms with E-state index in [4.69, 9.17) is 4.74 Å². The highest BCUT2D eigenvalue weighted by Crippen LogP contribution is 2.19. The van der Waals surface area contributed by atoms with Crippen LogP contribution < -0.4 is 4.74 Å². The summed E-state index contributed by atoms with van der Waals surface area (Å²) < 4.78 is 6.76. The van der Waals surface area contributed by atoms with Gasteiger partial charge in [0.1, 0.15) is 12.1 Å². The van der Waals surface area contributed by atoms with Crippen molar-refractivity contribution in [1.82, 2.24) is 9.55 Å². The molecule has 3 aromatic rings. The number of ether oxygens (including phenoxy) is 1. The van der Waals surface area contributed by atoms with E-state index in [-0.39, 0.29) is 5.91 Å². The Morgan fingerprint density at radius 3 is 2.50 bits per heavy atom.